The number of aromatic nitrogens is 1. The Morgan fingerprint density at radius 3 is 2.71 bits per heavy atom. The summed E-state index contributed by atoms with van der Waals surface area (Å²) in [4.78, 5) is 18.9. The van der Waals surface area contributed by atoms with Gasteiger partial charge in [-0.3, -0.25) is 14.7 Å². The largest absolute Gasteiger partial charge is 0.354 e. The topological polar surface area (TPSA) is 45.2 Å². The summed E-state index contributed by atoms with van der Waals surface area (Å²) >= 11 is 0. The average molecular weight is 289 g/mol. The van der Waals surface area contributed by atoms with Crippen molar-refractivity contribution in [1.82, 2.24) is 15.2 Å². The number of carbonyl (C=O) groups excluding carboxylic acids is 1. The molecular weight excluding hydrogens is 262 g/mol. The molecule has 1 atom stereocenters. The lowest BCUT2D eigenvalue weighted by molar-refractivity contribution is -0.120. The Morgan fingerprint density at radius 2 is 2.10 bits per heavy atom. The fourth-order valence-corrected chi connectivity index (χ4v) is 3.00. The van der Waals surface area contributed by atoms with Crippen LogP contribution in [-0.2, 0) is 11.2 Å². The maximum Gasteiger partial charge on any atom is 0.226 e. The molecule has 1 aromatic heterocycles. The fraction of sp³-hybridized carbons (Fsp3) is 0.647. The van der Waals surface area contributed by atoms with Crippen LogP contribution in [0.1, 0.15) is 37.9 Å². The molecule has 0 aromatic carbocycles. The van der Waals surface area contributed by atoms with Gasteiger partial charge in [0, 0.05) is 18.8 Å². The van der Waals surface area contributed by atoms with Crippen molar-refractivity contribution in [2.75, 3.05) is 19.6 Å². The Labute approximate surface area is 127 Å². The number of hydrogen-bond donors (Lipinski definition) is 1. The Morgan fingerprint density at radius 1 is 1.38 bits per heavy atom. The van der Waals surface area contributed by atoms with E-state index < -0.39 is 0 Å². The van der Waals surface area contributed by atoms with Crippen LogP contribution in [0, 0.1) is 12.8 Å². The molecule has 1 aromatic rings. The standard InChI is InChI=1S/C17H27N3O/c1-13(2)16(20-9-4-5-10-20)12-19-17(21)11-15-14(3)7-6-8-18-15/h6-8,13,16H,4-5,9-12H2,1-3H3,(H,19,21)/t16-/m1/s1. The van der Waals surface area contributed by atoms with Gasteiger partial charge in [0.15, 0.2) is 0 Å². The van der Waals surface area contributed by atoms with Gasteiger partial charge in [-0.25, -0.2) is 0 Å². The van der Waals surface area contributed by atoms with Crippen molar-refractivity contribution in [3.05, 3.63) is 29.6 Å². The second-order valence-electron chi connectivity index (χ2n) is 6.30. The van der Waals surface area contributed by atoms with Crippen molar-refractivity contribution < 1.29 is 4.79 Å². The van der Waals surface area contributed by atoms with Crippen LogP contribution in [0.4, 0.5) is 0 Å². The molecule has 0 bridgehead atoms. The van der Waals surface area contributed by atoms with Gasteiger partial charge in [-0.1, -0.05) is 19.9 Å². The molecule has 0 saturated carbocycles. The first-order chi connectivity index (χ1) is 10.1. The summed E-state index contributed by atoms with van der Waals surface area (Å²) in [5.74, 6) is 0.627. The SMILES string of the molecule is Cc1cccnc1CC(=O)NC[C@H](C(C)C)N1CCCC1. The van der Waals surface area contributed by atoms with E-state index in [9.17, 15) is 4.79 Å². The molecule has 4 nitrogen and oxygen atoms in total. The van der Waals surface area contributed by atoms with Gasteiger partial charge >= 0.3 is 0 Å². The molecule has 1 aliphatic rings. The molecule has 2 heterocycles. The minimum Gasteiger partial charge on any atom is -0.354 e. The third-order valence-corrected chi connectivity index (χ3v) is 4.33. The Balaban J connectivity index is 1.85. The van der Waals surface area contributed by atoms with E-state index in [4.69, 9.17) is 0 Å². The number of nitrogens with one attached hydrogen (secondary N) is 1. The highest BCUT2D eigenvalue weighted by molar-refractivity contribution is 5.78. The molecule has 2 rings (SSSR count). The van der Waals surface area contributed by atoms with Gasteiger partial charge in [0.1, 0.15) is 0 Å². The number of nitrogens with zero attached hydrogens (tertiary/aromatic N) is 2. The number of pyridine rings is 1. The van der Waals surface area contributed by atoms with Gasteiger partial charge in [0.05, 0.1) is 12.1 Å². The molecule has 21 heavy (non-hydrogen) atoms. The van der Waals surface area contributed by atoms with E-state index in [2.05, 4.69) is 29.0 Å². The lowest BCUT2D eigenvalue weighted by Gasteiger charge is -2.31. The van der Waals surface area contributed by atoms with Crippen LogP contribution in [-0.4, -0.2) is 41.5 Å². The Hall–Kier alpha value is -1.42. The van der Waals surface area contributed by atoms with Crippen molar-refractivity contribution >= 4 is 5.91 Å². The first-order valence-corrected chi connectivity index (χ1v) is 7.99. The molecular formula is C17H27N3O. The van der Waals surface area contributed by atoms with E-state index >= 15 is 0 Å². The first-order valence-electron chi connectivity index (χ1n) is 7.99. The van der Waals surface area contributed by atoms with E-state index in [1.165, 1.54) is 12.8 Å². The third-order valence-electron chi connectivity index (χ3n) is 4.33. The number of rotatable bonds is 6. The van der Waals surface area contributed by atoms with Crippen LogP contribution in [0.2, 0.25) is 0 Å². The van der Waals surface area contributed by atoms with Crippen molar-refractivity contribution in [3.63, 3.8) is 0 Å². The van der Waals surface area contributed by atoms with Crippen molar-refractivity contribution in [3.8, 4) is 0 Å². The van der Waals surface area contributed by atoms with E-state index in [1.54, 1.807) is 6.20 Å². The van der Waals surface area contributed by atoms with Crippen molar-refractivity contribution in [2.24, 2.45) is 5.92 Å². The zero-order valence-electron chi connectivity index (χ0n) is 13.4. The zero-order chi connectivity index (χ0) is 15.2. The summed E-state index contributed by atoms with van der Waals surface area (Å²) in [6, 6.07) is 4.34. The summed E-state index contributed by atoms with van der Waals surface area (Å²) in [7, 11) is 0. The van der Waals surface area contributed by atoms with E-state index in [0.29, 0.717) is 18.4 Å². The second-order valence-corrected chi connectivity index (χ2v) is 6.30. The van der Waals surface area contributed by atoms with Gasteiger partial charge in [-0.2, -0.15) is 0 Å². The van der Waals surface area contributed by atoms with Crippen LogP contribution in [0.15, 0.2) is 18.3 Å². The Bertz CT molecular complexity index is 467. The predicted molar refractivity (Wildman–Crippen MR) is 85.1 cm³/mol. The van der Waals surface area contributed by atoms with Crippen LogP contribution in [0.3, 0.4) is 0 Å². The molecule has 4 heteroatoms. The molecule has 0 radical (unpaired) electrons. The number of carbonyl (C=O) groups is 1. The monoisotopic (exact) mass is 289 g/mol. The zero-order valence-corrected chi connectivity index (χ0v) is 13.4. The van der Waals surface area contributed by atoms with Gasteiger partial charge in [0.25, 0.3) is 0 Å². The highest BCUT2D eigenvalue weighted by Gasteiger charge is 2.24. The summed E-state index contributed by atoms with van der Waals surface area (Å²) < 4.78 is 0. The molecule has 0 aliphatic carbocycles. The molecule has 116 valence electrons. The predicted octanol–water partition coefficient (Wildman–Crippen LogP) is 2.17. The Kier molecular flexibility index (Phi) is 5.74. The first kappa shape index (κ1) is 16.0. The number of likely N-dealkylation sites (tertiary alicyclic amines) is 1. The summed E-state index contributed by atoms with van der Waals surface area (Å²) in [5, 5.41) is 3.10. The van der Waals surface area contributed by atoms with Crippen LogP contribution >= 0.6 is 0 Å². The number of aryl methyl sites for hydroxylation is 1. The van der Waals surface area contributed by atoms with Gasteiger partial charge < -0.3 is 5.32 Å². The molecule has 1 saturated heterocycles. The maximum atomic E-state index is 12.1. The third kappa shape index (κ3) is 4.53. The quantitative estimate of drug-likeness (QED) is 0.873. The second kappa shape index (κ2) is 7.55. The summed E-state index contributed by atoms with van der Waals surface area (Å²) in [6.45, 7) is 9.53. The average Bonchev–Trinajstić information content (AvgIpc) is 2.95. The summed E-state index contributed by atoms with van der Waals surface area (Å²) in [6.07, 6.45) is 4.68. The fourth-order valence-electron chi connectivity index (χ4n) is 3.00. The molecule has 1 aliphatic heterocycles. The van der Waals surface area contributed by atoms with Crippen molar-refractivity contribution in [1.29, 1.82) is 0 Å². The van der Waals surface area contributed by atoms with Crippen molar-refractivity contribution in [2.45, 2.75) is 46.1 Å². The molecule has 1 fully saturated rings. The molecule has 1 amide bonds. The maximum absolute atomic E-state index is 12.1. The normalized spacial score (nSPS) is 17.1. The minimum absolute atomic E-state index is 0.0710. The number of hydrogen-bond acceptors (Lipinski definition) is 3. The summed E-state index contributed by atoms with van der Waals surface area (Å²) in [5.41, 5.74) is 1.95. The molecule has 0 spiro atoms. The van der Waals surface area contributed by atoms with Gasteiger partial charge in [-0.05, 0) is 50.4 Å². The minimum atomic E-state index is 0.0710. The smallest absolute Gasteiger partial charge is 0.226 e. The van der Waals surface area contributed by atoms with E-state index in [-0.39, 0.29) is 5.91 Å². The van der Waals surface area contributed by atoms with Gasteiger partial charge in [-0.15, -0.1) is 0 Å². The lowest BCUT2D eigenvalue weighted by Crippen LogP contribution is -2.46. The highest BCUT2D eigenvalue weighted by Crippen LogP contribution is 2.17. The highest BCUT2D eigenvalue weighted by atomic mass is 16.1. The molecule has 1 N–H and O–H groups in total. The van der Waals surface area contributed by atoms with E-state index in [1.807, 2.05) is 19.1 Å². The lowest BCUT2D eigenvalue weighted by atomic mass is 10.0. The van der Waals surface area contributed by atoms with E-state index in [0.717, 1.165) is 30.9 Å². The van der Waals surface area contributed by atoms with Crippen LogP contribution < -0.4 is 5.32 Å². The van der Waals surface area contributed by atoms with Crippen LogP contribution in [0.25, 0.3) is 0 Å². The molecule has 0 unspecified atom stereocenters. The van der Waals surface area contributed by atoms with Gasteiger partial charge in [0.2, 0.25) is 5.91 Å². The number of amides is 1. The van der Waals surface area contributed by atoms with Crippen LogP contribution in [0.5, 0.6) is 0 Å².